The van der Waals surface area contributed by atoms with Crippen molar-refractivity contribution in [1.82, 2.24) is 5.32 Å². The van der Waals surface area contributed by atoms with E-state index in [0.29, 0.717) is 28.2 Å². The Hall–Kier alpha value is -1.22. The van der Waals surface area contributed by atoms with Crippen LogP contribution in [0.4, 0.5) is 5.69 Å². The van der Waals surface area contributed by atoms with Crippen molar-refractivity contribution >= 4 is 23.2 Å². The first-order chi connectivity index (χ1) is 7.61. The van der Waals surface area contributed by atoms with Crippen LogP contribution in [0.3, 0.4) is 0 Å². The number of hydrogen-bond donors (Lipinski definition) is 2. The van der Waals surface area contributed by atoms with Crippen molar-refractivity contribution in [1.29, 1.82) is 0 Å². The summed E-state index contributed by atoms with van der Waals surface area (Å²) in [7, 11) is 0. The third kappa shape index (κ3) is 2.30. The van der Waals surface area contributed by atoms with E-state index in [1.54, 1.807) is 18.2 Å². The van der Waals surface area contributed by atoms with Crippen LogP contribution in [0, 0.1) is 5.92 Å². The topological polar surface area (TPSA) is 55.1 Å². The first kappa shape index (κ1) is 11.3. The van der Waals surface area contributed by atoms with Gasteiger partial charge >= 0.3 is 0 Å². The second kappa shape index (κ2) is 4.34. The minimum absolute atomic E-state index is 0.127. The number of amides is 1. The van der Waals surface area contributed by atoms with Gasteiger partial charge in [0.1, 0.15) is 0 Å². The molecule has 16 heavy (non-hydrogen) atoms. The summed E-state index contributed by atoms with van der Waals surface area (Å²) < 4.78 is 0. The van der Waals surface area contributed by atoms with Crippen LogP contribution in [-0.4, -0.2) is 11.9 Å². The lowest BCUT2D eigenvalue weighted by atomic mass is 10.2. The van der Waals surface area contributed by atoms with E-state index >= 15 is 0 Å². The lowest BCUT2D eigenvalue weighted by molar-refractivity contribution is 0.0949. The second-order valence-corrected chi connectivity index (χ2v) is 4.63. The van der Waals surface area contributed by atoms with Crippen molar-refractivity contribution in [3.8, 4) is 0 Å². The lowest BCUT2D eigenvalue weighted by Gasteiger charge is -2.06. The van der Waals surface area contributed by atoms with Gasteiger partial charge in [0.05, 0.1) is 10.6 Å². The van der Waals surface area contributed by atoms with Gasteiger partial charge in [0.25, 0.3) is 5.91 Å². The molecule has 1 aromatic rings. The van der Waals surface area contributed by atoms with Gasteiger partial charge in [-0.25, -0.2) is 0 Å². The van der Waals surface area contributed by atoms with Gasteiger partial charge in [-0.3, -0.25) is 4.79 Å². The van der Waals surface area contributed by atoms with Gasteiger partial charge in [0.2, 0.25) is 0 Å². The quantitative estimate of drug-likeness (QED) is 0.795. The van der Waals surface area contributed by atoms with Crippen molar-refractivity contribution in [2.45, 2.75) is 25.8 Å². The highest BCUT2D eigenvalue weighted by Crippen LogP contribution is 2.33. The first-order valence-electron chi connectivity index (χ1n) is 5.47. The molecule has 0 aliphatic heterocycles. The zero-order valence-electron chi connectivity index (χ0n) is 9.16. The average Bonchev–Trinajstić information content (AvgIpc) is 3.00. The van der Waals surface area contributed by atoms with Crippen molar-refractivity contribution < 1.29 is 4.79 Å². The Morgan fingerprint density at radius 3 is 3.00 bits per heavy atom. The van der Waals surface area contributed by atoms with Crippen molar-refractivity contribution in [2.24, 2.45) is 5.92 Å². The molecule has 2 unspecified atom stereocenters. The van der Waals surface area contributed by atoms with E-state index in [1.165, 1.54) is 0 Å². The van der Waals surface area contributed by atoms with Crippen LogP contribution in [0.1, 0.15) is 30.1 Å². The van der Waals surface area contributed by atoms with E-state index in [4.69, 9.17) is 17.3 Å². The van der Waals surface area contributed by atoms with Gasteiger partial charge in [-0.2, -0.15) is 0 Å². The second-order valence-electron chi connectivity index (χ2n) is 4.22. The van der Waals surface area contributed by atoms with Crippen LogP contribution in [0.5, 0.6) is 0 Å². The monoisotopic (exact) mass is 238 g/mol. The van der Waals surface area contributed by atoms with E-state index < -0.39 is 0 Å². The zero-order chi connectivity index (χ0) is 11.7. The van der Waals surface area contributed by atoms with E-state index in [2.05, 4.69) is 12.2 Å². The average molecular weight is 239 g/mol. The van der Waals surface area contributed by atoms with Gasteiger partial charge in [0, 0.05) is 11.7 Å². The number of anilines is 1. The smallest absolute Gasteiger partial charge is 0.253 e. The van der Waals surface area contributed by atoms with Crippen molar-refractivity contribution in [2.75, 3.05) is 5.73 Å². The molecule has 0 heterocycles. The number of nitrogens with one attached hydrogen (secondary N) is 1. The number of carbonyl (C=O) groups is 1. The molecule has 1 saturated carbocycles. The summed E-state index contributed by atoms with van der Waals surface area (Å²) in [6.45, 7) is 2.13. The number of halogens is 1. The zero-order valence-corrected chi connectivity index (χ0v) is 9.92. The number of nitrogens with two attached hydrogens (primary N) is 1. The minimum Gasteiger partial charge on any atom is -0.399 e. The van der Waals surface area contributed by atoms with Gasteiger partial charge in [-0.1, -0.05) is 24.9 Å². The fraction of sp³-hybridized carbons (Fsp3) is 0.417. The fourth-order valence-corrected chi connectivity index (χ4v) is 2.04. The van der Waals surface area contributed by atoms with E-state index in [0.717, 1.165) is 12.8 Å². The lowest BCUT2D eigenvalue weighted by Crippen LogP contribution is -2.27. The highest BCUT2D eigenvalue weighted by Gasteiger charge is 2.36. The summed E-state index contributed by atoms with van der Waals surface area (Å²) in [5, 5.41) is 3.41. The summed E-state index contributed by atoms with van der Waals surface area (Å²) in [5.74, 6) is 0.502. The number of benzene rings is 1. The summed E-state index contributed by atoms with van der Waals surface area (Å²) in [6, 6.07) is 5.26. The third-order valence-electron chi connectivity index (χ3n) is 3.00. The predicted octanol–water partition coefficient (Wildman–Crippen LogP) is 2.45. The Labute approximate surface area is 100.0 Å². The molecule has 1 aromatic carbocycles. The Kier molecular flexibility index (Phi) is 3.06. The molecular formula is C12H15ClN2O. The molecule has 0 saturated heterocycles. The molecule has 1 fully saturated rings. The van der Waals surface area contributed by atoms with Gasteiger partial charge < -0.3 is 11.1 Å². The molecule has 3 nitrogen and oxygen atoms in total. The van der Waals surface area contributed by atoms with E-state index in [1.807, 2.05) is 0 Å². The van der Waals surface area contributed by atoms with Crippen molar-refractivity contribution in [3.63, 3.8) is 0 Å². The summed E-state index contributed by atoms with van der Waals surface area (Å²) in [6.07, 6.45) is 2.18. The predicted molar refractivity (Wildman–Crippen MR) is 65.5 cm³/mol. The molecule has 1 amide bonds. The maximum atomic E-state index is 11.9. The number of carbonyl (C=O) groups excluding carboxylic acids is 1. The van der Waals surface area contributed by atoms with Crippen LogP contribution < -0.4 is 11.1 Å². The Morgan fingerprint density at radius 2 is 2.38 bits per heavy atom. The van der Waals surface area contributed by atoms with Crippen LogP contribution in [0.2, 0.25) is 5.02 Å². The normalized spacial score (nSPS) is 22.9. The third-order valence-corrected chi connectivity index (χ3v) is 3.33. The molecule has 0 radical (unpaired) electrons. The molecule has 0 aromatic heterocycles. The maximum Gasteiger partial charge on any atom is 0.253 e. The standard InChI is InChI=1S/C12H15ClN2O/c1-2-7-5-11(7)15-12(16)9-6-8(14)3-4-10(9)13/h3-4,6-7,11H,2,5,14H2,1H3,(H,15,16). The van der Waals surface area contributed by atoms with Gasteiger partial charge in [0.15, 0.2) is 0 Å². The SMILES string of the molecule is CCC1CC1NC(=O)c1cc(N)ccc1Cl. The fourth-order valence-electron chi connectivity index (χ4n) is 1.84. The molecule has 2 rings (SSSR count). The molecule has 0 spiro atoms. The highest BCUT2D eigenvalue weighted by atomic mass is 35.5. The molecule has 1 aliphatic rings. The molecule has 2 atom stereocenters. The van der Waals surface area contributed by atoms with Crippen LogP contribution in [-0.2, 0) is 0 Å². The van der Waals surface area contributed by atoms with Crippen LogP contribution in [0.15, 0.2) is 18.2 Å². The van der Waals surface area contributed by atoms with Crippen LogP contribution >= 0.6 is 11.6 Å². The van der Waals surface area contributed by atoms with Crippen molar-refractivity contribution in [3.05, 3.63) is 28.8 Å². The Balaban J connectivity index is 2.06. The van der Waals surface area contributed by atoms with E-state index in [9.17, 15) is 4.79 Å². The number of rotatable bonds is 3. The summed E-state index contributed by atoms with van der Waals surface area (Å²) in [5.41, 5.74) is 6.64. The highest BCUT2D eigenvalue weighted by molar-refractivity contribution is 6.34. The largest absolute Gasteiger partial charge is 0.399 e. The number of nitrogen functional groups attached to an aromatic ring is 1. The summed E-state index contributed by atoms with van der Waals surface area (Å²) >= 11 is 5.95. The molecule has 1 aliphatic carbocycles. The molecular weight excluding hydrogens is 224 g/mol. The first-order valence-corrected chi connectivity index (χ1v) is 5.85. The van der Waals surface area contributed by atoms with Gasteiger partial charge in [-0.05, 0) is 30.5 Å². The molecule has 0 bridgehead atoms. The molecule has 4 heteroatoms. The molecule has 3 N–H and O–H groups in total. The van der Waals surface area contributed by atoms with Gasteiger partial charge in [-0.15, -0.1) is 0 Å². The summed E-state index contributed by atoms with van der Waals surface area (Å²) in [4.78, 5) is 11.9. The maximum absolute atomic E-state index is 11.9. The van der Waals surface area contributed by atoms with E-state index in [-0.39, 0.29) is 5.91 Å². The molecule has 86 valence electrons. The Bertz CT molecular complexity index is 419. The van der Waals surface area contributed by atoms with Crippen LogP contribution in [0.25, 0.3) is 0 Å². The minimum atomic E-state index is -0.127. The number of hydrogen-bond acceptors (Lipinski definition) is 2. The Morgan fingerprint density at radius 1 is 1.62 bits per heavy atom.